The van der Waals surface area contributed by atoms with Crippen molar-refractivity contribution in [1.29, 1.82) is 0 Å². The van der Waals surface area contributed by atoms with E-state index in [1.54, 1.807) is 18.2 Å². The van der Waals surface area contributed by atoms with E-state index in [1.165, 1.54) is 14.2 Å². The van der Waals surface area contributed by atoms with Gasteiger partial charge in [-0.15, -0.1) is 0 Å². The highest BCUT2D eigenvalue weighted by atomic mass is 16.5. The zero-order chi connectivity index (χ0) is 20.1. The number of aromatic amines is 1. The Labute approximate surface area is 161 Å². The number of H-pyrrole nitrogens is 1. The molecule has 0 saturated carbocycles. The summed E-state index contributed by atoms with van der Waals surface area (Å²) in [5, 5.41) is 20.0. The standard InChI is InChI=1S/C20H21N3O5/c1-27-12-7-8-14(18(9-12)28-2)16(11-20(25)26)21-19(24)10-17-13-5-3-4-6-15(13)22-23-17/h3-9,16H,10-11H2,1-2H3,(H,21,24)(H,22,23)(H,25,26). The SMILES string of the molecule is COc1ccc(C(CC(=O)O)NC(=O)Cc2[nH]nc3ccccc23)c(OC)c1. The third-order valence-electron chi connectivity index (χ3n) is 4.41. The zero-order valence-corrected chi connectivity index (χ0v) is 15.6. The minimum atomic E-state index is -1.03. The van der Waals surface area contributed by atoms with Gasteiger partial charge in [0.25, 0.3) is 0 Å². The fraction of sp³-hybridized carbons (Fsp3) is 0.250. The first-order valence-corrected chi connectivity index (χ1v) is 8.67. The van der Waals surface area contributed by atoms with E-state index >= 15 is 0 Å². The number of nitrogens with one attached hydrogen (secondary N) is 2. The topological polar surface area (TPSA) is 114 Å². The van der Waals surface area contributed by atoms with E-state index in [9.17, 15) is 14.7 Å². The van der Waals surface area contributed by atoms with Crippen molar-refractivity contribution < 1.29 is 24.2 Å². The van der Waals surface area contributed by atoms with Crippen LogP contribution >= 0.6 is 0 Å². The molecular weight excluding hydrogens is 362 g/mol. The second kappa shape index (κ2) is 8.43. The molecule has 0 aliphatic carbocycles. The van der Waals surface area contributed by atoms with Crippen LogP contribution < -0.4 is 14.8 Å². The Morgan fingerprint density at radius 3 is 2.68 bits per heavy atom. The number of carboxylic acids is 1. The molecule has 1 amide bonds. The van der Waals surface area contributed by atoms with Crippen molar-refractivity contribution in [2.75, 3.05) is 14.2 Å². The second-order valence-electron chi connectivity index (χ2n) is 6.22. The van der Waals surface area contributed by atoms with Crippen molar-refractivity contribution in [3.05, 3.63) is 53.7 Å². The monoisotopic (exact) mass is 383 g/mol. The first kappa shape index (κ1) is 19.2. The largest absolute Gasteiger partial charge is 0.497 e. The summed E-state index contributed by atoms with van der Waals surface area (Å²) in [5.41, 5.74) is 2.00. The van der Waals surface area contributed by atoms with Crippen LogP contribution in [0.4, 0.5) is 0 Å². The lowest BCUT2D eigenvalue weighted by Gasteiger charge is -2.20. The van der Waals surface area contributed by atoms with E-state index in [-0.39, 0.29) is 18.7 Å². The molecule has 146 valence electrons. The molecule has 28 heavy (non-hydrogen) atoms. The first-order valence-electron chi connectivity index (χ1n) is 8.67. The highest BCUT2D eigenvalue weighted by Crippen LogP contribution is 2.31. The van der Waals surface area contributed by atoms with E-state index in [0.29, 0.717) is 22.8 Å². The van der Waals surface area contributed by atoms with E-state index in [0.717, 1.165) is 10.9 Å². The zero-order valence-electron chi connectivity index (χ0n) is 15.6. The summed E-state index contributed by atoms with van der Waals surface area (Å²) in [7, 11) is 3.01. The lowest BCUT2D eigenvalue weighted by Crippen LogP contribution is -2.31. The fourth-order valence-electron chi connectivity index (χ4n) is 3.07. The Balaban J connectivity index is 1.82. The molecule has 0 aliphatic rings. The third-order valence-corrected chi connectivity index (χ3v) is 4.41. The second-order valence-corrected chi connectivity index (χ2v) is 6.22. The summed E-state index contributed by atoms with van der Waals surface area (Å²) >= 11 is 0. The Morgan fingerprint density at radius 1 is 1.18 bits per heavy atom. The lowest BCUT2D eigenvalue weighted by atomic mass is 10.0. The molecule has 0 fully saturated rings. The van der Waals surface area contributed by atoms with Crippen LogP contribution in [0, 0.1) is 0 Å². The average Bonchev–Trinajstić information content (AvgIpc) is 3.09. The van der Waals surface area contributed by atoms with Crippen molar-refractivity contribution in [2.24, 2.45) is 0 Å². The summed E-state index contributed by atoms with van der Waals surface area (Å²) in [4.78, 5) is 24.0. The number of methoxy groups -OCH3 is 2. The molecule has 1 heterocycles. The van der Waals surface area contributed by atoms with Crippen LogP contribution in [-0.2, 0) is 16.0 Å². The summed E-state index contributed by atoms with van der Waals surface area (Å²) in [5.74, 6) is -0.337. The van der Waals surface area contributed by atoms with E-state index in [4.69, 9.17) is 9.47 Å². The maximum Gasteiger partial charge on any atom is 0.305 e. The van der Waals surface area contributed by atoms with Crippen molar-refractivity contribution in [3.63, 3.8) is 0 Å². The number of rotatable bonds is 8. The molecule has 3 rings (SSSR count). The minimum Gasteiger partial charge on any atom is -0.497 e. The number of amides is 1. The normalized spacial score (nSPS) is 11.8. The lowest BCUT2D eigenvalue weighted by molar-refractivity contribution is -0.137. The number of carbonyl (C=O) groups excluding carboxylic acids is 1. The number of carbonyl (C=O) groups is 2. The highest BCUT2D eigenvalue weighted by molar-refractivity contribution is 5.87. The van der Waals surface area contributed by atoms with Gasteiger partial charge in [0.2, 0.25) is 5.91 Å². The number of nitrogens with zero attached hydrogens (tertiary/aromatic N) is 1. The molecule has 1 unspecified atom stereocenters. The van der Waals surface area contributed by atoms with Crippen molar-refractivity contribution >= 4 is 22.8 Å². The third kappa shape index (κ3) is 4.22. The maximum absolute atomic E-state index is 12.6. The summed E-state index contributed by atoms with van der Waals surface area (Å²) in [6.07, 6.45) is -0.229. The number of fused-ring (bicyclic) bond motifs is 1. The van der Waals surface area contributed by atoms with Crippen molar-refractivity contribution in [2.45, 2.75) is 18.9 Å². The molecule has 0 saturated heterocycles. The first-order chi connectivity index (χ1) is 13.5. The Hall–Kier alpha value is -3.55. The van der Waals surface area contributed by atoms with Crippen molar-refractivity contribution in [3.8, 4) is 11.5 Å². The van der Waals surface area contributed by atoms with Crippen LogP contribution in [0.1, 0.15) is 23.7 Å². The number of ether oxygens (including phenoxy) is 2. The van der Waals surface area contributed by atoms with Crippen LogP contribution in [0.3, 0.4) is 0 Å². The van der Waals surface area contributed by atoms with Crippen LogP contribution in [0.2, 0.25) is 0 Å². The molecule has 8 nitrogen and oxygen atoms in total. The number of carboxylic acid groups (broad SMARTS) is 1. The number of benzene rings is 2. The van der Waals surface area contributed by atoms with Gasteiger partial charge in [0.15, 0.2) is 0 Å². The summed E-state index contributed by atoms with van der Waals surface area (Å²) in [6, 6.07) is 11.8. The maximum atomic E-state index is 12.6. The van der Waals surface area contributed by atoms with Gasteiger partial charge >= 0.3 is 5.97 Å². The molecule has 1 aromatic heterocycles. The summed E-state index contributed by atoms with van der Waals surface area (Å²) in [6.45, 7) is 0. The Morgan fingerprint density at radius 2 is 1.96 bits per heavy atom. The molecular formula is C20H21N3O5. The quantitative estimate of drug-likeness (QED) is 0.551. The fourth-order valence-corrected chi connectivity index (χ4v) is 3.07. The van der Waals surface area contributed by atoms with Crippen molar-refractivity contribution in [1.82, 2.24) is 15.5 Å². The van der Waals surface area contributed by atoms with Gasteiger partial charge in [0, 0.05) is 17.0 Å². The smallest absolute Gasteiger partial charge is 0.305 e. The van der Waals surface area contributed by atoms with Crippen LogP contribution in [0.15, 0.2) is 42.5 Å². The predicted molar refractivity (Wildman–Crippen MR) is 102 cm³/mol. The van der Waals surface area contributed by atoms with E-state index in [2.05, 4.69) is 15.5 Å². The number of hydrogen-bond acceptors (Lipinski definition) is 5. The number of hydrogen-bond donors (Lipinski definition) is 3. The molecule has 0 radical (unpaired) electrons. The molecule has 8 heteroatoms. The van der Waals surface area contributed by atoms with Crippen LogP contribution in [0.25, 0.3) is 10.9 Å². The number of aliphatic carboxylic acids is 1. The van der Waals surface area contributed by atoms with E-state index < -0.39 is 12.0 Å². The predicted octanol–water partition coefficient (Wildman–Crippen LogP) is 2.45. The molecule has 3 N–H and O–H groups in total. The van der Waals surface area contributed by atoms with E-state index in [1.807, 2.05) is 24.3 Å². The molecule has 0 aliphatic heterocycles. The van der Waals surface area contributed by atoms with Gasteiger partial charge in [0.1, 0.15) is 11.5 Å². The Bertz CT molecular complexity index is 998. The number of para-hydroxylation sites is 1. The summed E-state index contributed by atoms with van der Waals surface area (Å²) < 4.78 is 10.5. The van der Waals surface area contributed by atoms with Crippen LogP contribution in [-0.4, -0.2) is 41.4 Å². The molecule has 2 aromatic carbocycles. The molecule has 0 bridgehead atoms. The van der Waals surface area contributed by atoms with Gasteiger partial charge in [-0.2, -0.15) is 5.10 Å². The van der Waals surface area contributed by atoms with Gasteiger partial charge in [-0.05, 0) is 18.2 Å². The highest BCUT2D eigenvalue weighted by Gasteiger charge is 2.23. The van der Waals surface area contributed by atoms with Gasteiger partial charge in [0.05, 0.1) is 44.3 Å². The van der Waals surface area contributed by atoms with Gasteiger partial charge in [-0.1, -0.05) is 18.2 Å². The van der Waals surface area contributed by atoms with Gasteiger partial charge in [-0.3, -0.25) is 14.7 Å². The van der Waals surface area contributed by atoms with Gasteiger partial charge in [-0.25, -0.2) is 0 Å². The molecule has 1 atom stereocenters. The molecule has 3 aromatic rings. The van der Waals surface area contributed by atoms with Gasteiger partial charge < -0.3 is 19.9 Å². The van der Waals surface area contributed by atoms with Crippen LogP contribution in [0.5, 0.6) is 11.5 Å². The minimum absolute atomic E-state index is 0.0507. The molecule has 0 spiro atoms. The average molecular weight is 383 g/mol. The number of aromatic nitrogens is 2. The Kier molecular flexibility index (Phi) is 5.78.